The van der Waals surface area contributed by atoms with E-state index in [1.807, 2.05) is 10.6 Å². The summed E-state index contributed by atoms with van der Waals surface area (Å²) < 4.78 is 1.91. The predicted molar refractivity (Wildman–Crippen MR) is 62.3 cm³/mol. The fourth-order valence-corrected chi connectivity index (χ4v) is 1.71. The first-order valence-electron chi connectivity index (χ1n) is 4.43. The molecule has 1 radical (unpaired) electrons. The van der Waals surface area contributed by atoms with Crippen molar-refractivity contribution in [3.05, 3.63) is 58.9 Å². The minimum absolute atomic E-state index is 0.637. The van der Waals surface area contributed by atoms with E-state index in [0.717, 1.165) is 11.3 Å². The van der Waals surface area contributed by atoms with E-state index < -0.39 is 0 Å². The number of hydrogen-bond acceptors (Lipinski definition) is 1. The summed E-state index contributed by atoms with van der Waals surface area (Å²) in [6.45, 7) is 4.49. The molecule has 0 atom stereocenters. The van der Waals surface area contributed by atoms with Crippen molar-refractivity contribution in [1.82, 2.24) is 9.55 Å². The topological polar surface area (TPSA) is 17.8 Å². The summed E-state index contributed by atoms with van der Waals surface area (Å²) in [6.07, 6.45) is 3.43. The van der Waals surface area contributed by atoms with Gasteiger partial charge >= 0.3 is 0 Å². The molecular formula is C11H9Cl2N2. The summed E-state index contributed by atoms with van der Waals surface area (Å²) in [6, 6.07) is 5.41. The van der Waals surface area contributed by atoms with Crippen LogP contribution in [0.15, 0.2) is 30.7 Å². The minimum Gasteiger partial charge on any atom is -0.330 e. The van der Waals surface area contributed by atoms with Crippen LogP contribution < -0.4 is 0 Å². The van der Waals surface area contributed by atoms with E-state index in [0.29, 0.717) is 16.6 Å². The third-order valence-corrected chi connectivity index (χ3v) is 2.75. The molecule has 0 bridgehead atoms. The highest BCUT2D eigenvalue weighted by Gasteiger charge is 2.03. The summed E-state index contributed by atoms with van der Waals surface area (Å²) in [7, 11) is 0. The molecule has 1 aromatic carbocycles. The lowest BCUT2D eigenvalue weighted by Crippen LogP contribution is -2.00. The zero-order valence-electron chi connectivity index (χ0n) is 7.95. The van der Waals surface area contributed by atoms with Crippen LogP contribution in [0.1, 0.15) is 11.3 Å². The van der Waals surface area contributed by atoms with Crippen LogP contribution in [0.3, 0.4) is 0 Å². The molecular weight excluding hydrogens is 231 g/mol. The van der Waals surface area contributed by atoms with Crippen LogP contribution >= 0.6 is 23.2 Å². The molecule has 1 aromatic heterocycles. The maximum Gasteiger partial charge on any atom is 0.0951 e. The Kier molecular flexibility index (Phi) is 2.98. The Balaban J connectivity index is 2.32. The number of rotatable bonds is 2. The summed E-state index contributed by atoms with van der Waals surface area (Å²) in [5, 5.41) is 1.38. The van der Waals surface area contributed by atoms with Gasteiger partial charge in [0.1, 0.15) is 0 Å². The normalized spacial score (nSPS) is 10.6. The molecule has 4 heteroatoms. The van der Waals surface area contributed by atoms with Crippen molar-refractivity contribution in [2.75, 3.05) is 0 Å². The van der Waals surface area contributed by atoms with E-state index in [9.17, 15) is 0 Å². The Hall–Kier alpha value is -0.990. The second-order valence-corrected chi connectivity index (χ2v) is 4.09. The molecule has 0 amide bonds. The summed E-state index contributed by atoms with van der Waals surface area (Å²) in [4.78, 5) is 3.99. The first-order chi connectivity index (χ1) is 7.16. The smallest absolute Gasteiger partial charge is 0.0951 e. The molecule has 0 spiro atoms. The van der Waals surface area contributed by atoms with Crippen LogP contribution in [0.25, 0.3) is 0 Å². The van der Waals surface area contributed by atoms with Crippen LogP contribution in [0.2, 0.25) is 10.0 Å². The standard InChI is InChI=1S/C11H9Cl2N2/c1-8-5-14-7-15(8)6-9-4-10(12)2-3-11(9)13/h2-5,7H,1,6H2. The van der Waals surface area contributed by atoms with Crippen LogP contribution in [0.5, 0.6) is 0 Å². The van der Waals surface area contributed by atoms with Gasteiger partial charge in [-0.25, -0.2) is 4.98 Å². The van der Waals surface area contributed by atoms with Gasteiger partial charge in [0.2, 0.25) is 0 Å². The number of aromatic nitrogens is 2. The fourth-order valence-electron chi connectivity index (χ4n) is 1.34. The molecule has 2 nitrogen and oxygen atoms in total. The van der Waals surface area contributed by atoms with Crippen molar-refractivity contribution in [2.24, 2.45) is 0 Å². The fraction of sp³-hybridized carbons (Fsp3) is 0.0909. The van der Waals surface area contributed by atoms with E-state index in [2.05, 4.69) is 11.9 Å². The molecule has 0 aliphatic carbocycles. The Morgan fingerprint density at radius 1 is 1.33 bits per heavy atom. The van der Waals surface area contributed by atoms with Crippen molar-refractivity contribution in [1.29, 1.82) is 0 Å². The first-order valence-corrected chi connectivity index (χ1v) is 5.18. The van der Waals surface area contributed by atoms with Gasteiger partial charge in [-0.15, -0.1) is 0 Å². The second-order valence-electron chi connectivity index (χ2n) is 3.25. The van der Waals surface area contributed by atoms with E-state index in [1.165, 1.54) is 0 Å². The molecule has 0 unspecified atom stereocenters. The van der Waals surface area contributed by atoms with Gasteiger partial charge in [0, 0.05) is 21.9 Å². The van der Waals surface area contributed by atoms with Crippen LogP contribution in [-0.2, 0) is 6.54 Å². The van der Waals surface area contributed by atoms with Gasteiger partial charge in [0.15, 0.2) is 0 Å². The van der Waals surface area contributed by atoms with Gasteiger partial charge in [-0.3, -0.25) is 0 Å². The van der Waals surface area contributed by atoms with Gasteiger partial charge in [0.25, 0.3) is 0 Å². The second kappa shape index (κ2) is 4.25. The summed E-state index contributed by atoms with van der Waals surface area (Å²) >= 11 is 12.0. The molecule has 2 aromatic rings. The third kappa shape index (κ3) is 2.33. The van der Waals surface area contributed by atoms with E-state index in [-0.39, 0.29) is 0 Å². The number of imidazole rings is 1. The third-order valence-electron chi connectivity index (χ3n) is 2.15. The first kappa shape index (κ1) is 10.5. The number of halogens is 2. The van der Waals surface area contributed by atoms with E-state index >= 15 is 0 Å². The molecule has 77 valence electrons. The average Bonchev–Trinajstić information content (AvgIpc) is 2.58. The van der Waals surface area contributed by atoms with Gasteiger partial charge in [-0.2, -0.15) is 0 Å². The lowest BCUT2D eigenvalue weighted by Gasteiger charge is -2.07. The molecule has 1 heterocycles. The van der Waals surface area contributed by atoms with Crippen LogP contribution in [0.4, 0.5) is 0 Å². The quantitative estimate of drug-likeness (QED) is 0.786. The van der Waals surface area contributed by atoms with Gasteiger partial charge in [0.05, 0.1) is 12.9 Å². The van der Waals surface area contributed by atoms with E-state index in [1.54, 1.807) is 24.7 Å². The summed E-state index contributed by atoms with van der Waals surface area (Å²) in [5.41, 5.74) is 1.82. The predicted octanol–water partition coefficient (Wildman–Crippen LogP) is 3.42. The Bertz CT molecular complexity index is 477. The molecule has 0 N–H and O–H groups in total. The SMILES string of the molecule is [CH2]c1cncn1Cc1cc(Cl)ccc1Cl. The van der Waals surface area contributed by atoms with Crippen molar-refractivity contribution in [3.8, 4) is 0 Å². The maximum atomic E-state index is 6.05. The molecule has 0 fully saturated rings. The largest absolute Gasteiger partial charge is 0.330 e. The van der Waals surface area contributed by atoms with Crippen molar-refractivity contribution >= 4 is 23.2 Å². The van der Waals surface area contributed by atoms with Gasteiger partial charge < -0.3 is 4.57 Å². The summed E-state index contributed by atoms with van der Waals surface area (Å²) in [5.74, 6) is 0. The van der Waals surface area contributed by atoms with Crippen LogP contribution in [-0.4, -0.2) is 9.55 Å². The molecule has 0 saturated heterocycles. The van der Waals surface area contributed by atoms with Gasteiger partial charge in [-0.1, -0.05) is 23.2 Å². The Morgan fingerprint density at radius 2 is 2.13 bits per heavy atom. The molecule has 0 aliphatic heterocycles. The highest BCUT2D eigenvalue weighted by Crippen LogP contribution is 2.21. The Labute approximate surface area is 98.5 Å². The zero-order chi connectivity index (χ0) is 10.8. The highest BCUT2D eigenvalue weighted by atomic mass is 35.5. The zero-order valence-corrected chi connectivity index (χ0v) is 9.46. The number of benzene rings is 1. The lowest BCUT2D eigenvalue weighted by molar-refractivity contribution is 0.783. The monoisotopic (exact) mass is 239 g/mol. The van der Waals surface area contributed by atoms with E-state index in [4.69, 9.17) is 23.2 Å². The maximum absolute atomic E-state index is 6.05. The van der Waals surface area contributed by atoms with Gasteiger partial charge in [-0.05, 0) is 30.7 Å². The van der Waals surface area contributed by atoms with Crippen molar-refractivity contribution < 1.29 is 0 Å². The minimum atomic E-state index is 0.637. The molecule has 0 aliphatic rings. The number of hydrogen-bond donors (Lipinski definition) is 0. The van der Waals surface area contributed by atoms with Crippen molar-refractivity contribution in [3.63, 3.8) is 0 Å². The Morgan fingerprint density at radius 3 is 2.80 bits per heavy atom. The van der Waals surface area contributed by atoms with Crippen LogP contribution in [0, 0.1) is 6.92 Å². The lowest BCUT2D eigenvalue weighted by atomic mass is 10.2. The number of nitrogens with zero attached hydrogens (tertiary/aromatic N) is 2. The highest BCUT2D eigenvalue weighted by molar-refractivity contribution is 6.33. The molecule has 15 heavy (non-hydrogen) atoms. The molecule has 0 saturated carbocycles. The molecule has 2 rings (SSSR count). The average molecular weight is 240 g/mol. The van der Waals surface area contributed by atoms with Crippen molar-refractivity contribution in [2.45, 2.75) is 6.54 Å².